The first-order chi connectivity index (χ1) is 8.27. The monoisotopic (exact) mass is 253 g/mol. The summed E-state index contributed by atoms with van der Waals surface area (Å²) in [5.74, 6) is 0.759. The van der Waals surface area contributed by atoms with Crippen molar-refractivity contribution in [2.75, 3.05) is 0 Å². The Bertz CT molecular complexity index is 356. The third-order valence-corrected chi connectivity index (χ3v) is 3.68. The minimum Gasteiger partial charge on any atom is -0.487 e. The van der Waals surface area contributed by atoms with Crippen molar-refractivity contribution >= 4 is 11.6 Å². The third kappa shape index (κ3) is 3.62. The predicted octanol–water partition coefficient (Wildman–Crippen LogP) is 3.77. The van der Waals surface area contributed by atoms with Crippen LogP contribution in [-0.4, -0.2) is 12.1 Å². The van der Waals surface area contributed by atoms with E-state index < -0.39 is 0 Å². The van der Waals surface area contributed by atoms with E-state index in [0.29, 0.717) is 5.02 Å². The Morgan fingerprint density at radius 3 is 2.53 bits per heavy atom. The van der Waals surface area contributed by atoms with Gasteiger partial charge in [-0.1, -0.05) is 43.0 Å². The normalized spacial score (nSPS) is 26.0. The molecular formula is C14H20ClNO. The Morgan fingerprint density at radius 2 is 1.76 bits per heavy atom. The molecule has 0 heterocycles. The van der Waals surface area contributed by atoms with Crippen LogP contribution in [0.4, 0.5) is 0 Å². The summed E-state index contributed by atoms with van der Waals surface area (Å²) in [4.78, 5) is 0. The molecule has 0 spiro atoms. The van der Waals surface area contributed by atoms with Crippen LogP contribution in [0.25, 0.3) is 0 Å². The average Bonchev–Trinajstić information content (AvgIpc) is 2.31. The van der Waals surface area contributed by atoms with Gasteiger partial charge in [-0.05, 0) is 31.4 Å². The summed E-state index contributed by atoms with van der Waals surface area (Å²) < 4.78 is 5.98. The summed E-state index contributed by atoms with van der Waals surface area (Å²) in [7, 11) is 0. The second-order valence-electron chi connectivity index (χ2n) is 4.74. The van der Waals surface area contributed by atoms with E-state index in [1.54, 1.807) is 0 Å². The van der Waals surface area contributed by atoms with Gasteiger partial charge in [0.05, 0.1) is 5.02 Å². The van der Waals surface area contributed by atoms with E-state index in [0.717, 1.165) is 18.6 Å². The second kappa shape index (κ2) is 6.27. The molecule has 1 aromatic rings. The molecule has 2 nitrogen and oxygen atoms in total. The molecule has 1 saturated carbocycles. The summed E-state index contributed by atoms with van der Waals surface area (Å²) in [5.41, 5.74) is 6.18. The van der Waals surface area contributed by atoms with Gasteiger partial charge < -0.3 is 10.5 Å². The van der Waals surface area contributed by atoms with Crippen molar-refractivity contribution in [1.82, 2.24) is 0 Å². The van der Waals surface area contributed by atoms with Crippen molar-refractivity contribution in [2.45, 2.75) is 50.7 Å². The highest BCUT2D eigenvalue weighted by Crippen LogP contribution is 2.27. The van der Waals surface area contributed by atoms with Crippen LogP contribution in [0.2, 0.25) is 5.02 Å². The number of para-hydroxylation sites is 1. The molecule has 0 unspecified atom stereocenters. The molecule has 0 saturated heterocycles. The molecule has 0 radical (unpaired) electrons. The lowest BCUT2D eigenvalue weighted by molar-refractivity contribution is 0.145. The van der Waals surface area contributed by atoms with Gasteiger partial charge in [-0.15, -0.1) is 0 Å². The number of hydrogen-bond acceptors (Lipinski definition) is 2. The topological polar surface area (TPSA) is 35.2 Å². The van der Waals surface area contributed by atoms with Gasteiger partial charge in [0.2, 0.25) is 0 Å². The van der Waals surface area contributed by atoms with E-state index in [4.69, 9.17) is 22.1 Å². The summed E-state index contributed by atoms with van der Waals surface area (Å²) >= 11 is 6.10. The molecule has 2 atom stereocenters. The lowest BCUT2D eigenvalue weighted by atomic mass is 9.95. The number of hydrogen-bond donors (Lipinski definition) is 1. The molecule has 1 aliphatic rings. The van der Waals surface area contributed by atoms with E-state index >= 15 is 0 Å². The van der Waals surface area contributed by atoms with Crippen molar-refractivity contribution in [1.29, 1.82) is 0 Å². The molecule has 17 heavy (non-hydrogen) atoms. The maximum Gasteiger partial charge on any atom is 0.138 e. The van der Waals surface area contributed by atoms with Crippen molar-refractivity contribution in [3.05, 3.63) is 29.3 Å². The molecule has 0 aromatic heterocycles. The number of halogens is 1. The van der Waals surface area contributed by atoms with Gasteiger partial charge in [-0.3, -0.25) is 0 Å². The standard InChI is InChI=1S/C14H20ClNO/c15-11-7-5-6-9-13(11)17-14-10-4-2-1-3-8-12(14)16/h5-7,9,12,14H,1-4,8,10,16H2/t12-,14+/m1/s1. The highest BCUT2D eigenvalue weighted by Gasteiger charge is 2.21. The maximum absolute atomic E-state index is 6.18. The molecular weight excluding hydrogens is 234 g/mol. The Hall–Kier alpha value is -0.730. The van der Waals surface area contributed by atoms with Crippen LogP contribution in [0.1, 0.15) is 38.5 Å². The zero-order valence-corrected chi connectivity index (χ0v) is 10.8. The lowest BCUT2D eigenvalue weighted by Crippen LogP contribution is -2.39. The minimum atomic E-state index is 0.107. The third-order valence-electron chi connectivity index (χ3n) is 3.37. The summed E-state index contributed by atoms with van der Waals surface area (Å²) in [6.45, 7) is 0. The van der Waals surface area contributed by atoms with Crippen LogP contribution in [0.5, 0.6) is 5.75 Å². The SMILES string of the molecule is N[C@@H]1CCCCCC[C@@H]1Oc1ccccc1Cl. The van der Waals surface area contributed by atoms with E-state index in [-0.39, 0.29) is 12.1 Å². The van der Waals surface area contributed by atoms with Crippen LogP contribution in [0.15, 0.2) is 24.3 Å². The molecule has 3 heteroatoms. The fraction of sp³-hybridized carbons (Fsp3) is 0.571. The lowest BCUT2D eigenvalue weighted by Gasteiger charge is -2.27. The molecule has 2 rings (SSSR count). The molecule has 1 aliphatic carbocycles. The van der Waals surface area contributed by atoms with E-state index in [1.807, 2.05) is 24.3 Å². The number of ether oxygens (including phenoxy) is 1. The van der Waals surface area contributed by atoms with Gasteiger partial charge in [0.15, 0.2) is 0 Å². The molecule has 2 N–H and O–H groups in total. The van der Waals surface area contributed by atoms with Crippen molar-refractivity contribution in [3.8, 4) is 5.75 Å². The summed E-state index contributed by atoms with van der Waals surface area (Å²) in [6, 6.07) is 7.74. The zero-order valence-electron chi connectivity index (χ0n) is 10.1. The highest BCUT2D eigenvalue weighted by molar-refractivity contribution is 6.32. The smallest absolute Gasteiger partial charge is 0.138 e. The average molecular weight is 254 g/mol. The van der Waals surface area contributed by atoms with Crippen molar-refractivity contribution in [3.63, 3.8) is 0 Å². The van der Waals surface area contributed by atoms with Crippen LogP contribution in [-0.2, 0) is 0 Å². The molecule has 1 aromatic carbocycles. The Labute approximate surface area is 108 Å². The van der Waals surface area contributed by atoms with Crippen molar-refractivity contribution in [2.24, 2.45) is 5.73 Å². The predicted molar refractivity (Wildman–Crippen MR) is 71.5 cm³/mol. The van der Waals surface area contributed by atoms with Crippen LogP contribution in [0, 0.1) is 0 Å². The van der Waals surface area contributed by atoms with Gasteiger partial charge in [0, 0.05) is 6.04 Å². The quantitative estimate of drug-likeness (QED) is 0.871. The molecule has 94 valence electrons. The highest BCUT2D eigenvalue weighted by atomic mass is 35.5. The van der Waals surface area contributed by atoms with Crippen LogP contribution >= 0.6 is 11.6 Å². The molecule has 0 amide bonds. The van der Waals surface area contributed by atoms with Gasteiger partial charge in [0.1, 0.15) is 11.9 Å². The number of nitrogens with two attached hydrogens (primary N) is 1. The van der Waals surface area contributed by atoms with E-state index in [1.165, 1.54) is 25.7 Å². The summed E-state index contributed by atoms with van der Waals surface area (Å²) in [6.07, 6.45) is 7.19. The molecule has 0 bridgehead atoms. The Balaban J connectivity index is 2.02. The van der Waals surface area contributed by atoms with E-state index in [2.05, 4.69) is 0 Å². The molecule has 0 aliphatic heterocycles. The first-order valence-electron chi connectivity index (χ1n) is 6.44. The largest absolute Gasteiger partial charge is 0.487 e. The fourth-order valence-electron chi connectivity index (χ4n) is 2.33. The van der Waals surface area contributed by atoms with E-state index in [9.17, 15) is 0 Å². The number of benzene rings is 1. The first-order valence-corrected chi connectivity index (χ1v) is 6.82. The maximum atomic E-state index is 6.18. The van der Waals surface area contributed by atoms with Gasteiger partial charge in [-0.25, -0.2) is 0 Å². The molecule has 1 fully saturated rings. The van der Waals surface area contributed by atoms with Gasteiger partial charge in [0.25, 0.3) is 0 Å². The van der Waals surface area contributed by atoms with Crippen molar-refractivity contribution < 1.29 is 4.74 Å². The van der Waals surface area contributed by atoms with Gasteiger partial charge in [-0.2, -0.15) is 0 Å². The first kappa shape index (κ1) is 12.7. The number of rotatable bonds is 2. The second-order valence-corrected chi connectivity index (χ2v) is 5.15. The summed E-state index contributed by atoms with van der Waals surface area (Å²) in [5, 5.41) is 0.668. The van der Waals surface area contributed by atoms with Crippen LogP contribution < -0.4 is 10.5 Å². The zero-order chi connectivity index (χ0) is 12.1. The van der Waals surface area contributed by atoms with Gasteiger partial charge >= 0.3 is 0 Å². The van der Waals surface area contributed by atoms with Crippen LogP contribution in [0.3, 0.4) is 0 Å². The minimum absolute atomic E-state index is 0.107. The Morgan fingerprint density at radius 1 is 1.06 bits per heavy atom. The Kier molecular flexibility index (Phi) is 4.69. The fourth-order valence-corrected chi connectivity index (χ4v) is 2.51.